The molecule has 0 atom stereocenters. The van der Waals surface area contributed by atoms with Gasteiger partial charge in [0, 0.05) is 7.05 Å². The van der Waals surface area contributed by atoms with Gasteiger partial charge >= 0.3 is 0 Å². The fourth-order valence-corrected chi connectivity index (χ4v) is 1.56. The molecule has 1 aliphatic rings. The van der Waals surface area contributed by atoms with E-state index in [0.29, 0.717) is 0 Å². The number of nitrogens with zero attached hydrogens (tertiary/aromatic N) is 1. The fourth-order valence-electron chi connectivity index (χ4n) is 1.35. The third kappa shape index (κ3) is 1.06. The first kappa shape index (κ1) is 7.55. The largest absolute Gasteiger partial charge is 0.331 e. The van der Waals surface area contributed by atoms with Gasteiger partial charge in [0.2, 0.25) is 0 Å². The third-order valence-electron chi connectivity index (χ3n) is 2.03. The van der Waals surface area contributed by atoms with Gasteiger partial charge < -0.3 is 9.55 Å². The van der Waals surface area contributed by atoms with Crippen LogP contribution in [0.1, 0.15) is 6.42 Å². The zero-order valence-electron chi connectivity index (χ0n) is 6.87. The van der Waals surface area contributed by atoms with Crippen molar-refractivity contribution in [1.82, 2.24) is 9.55 Å². The Hall–Kier alpha value is -1.09. The van der Waals surface area contributed by atoms with Gasteiger partial charge in [-0.15, -0.1) is 0 Å². The van der Waals surface area contributed by atoms with Crippen LogP contribution in [0.3, 0.4) is 0 Å². The first-order valence-electron chi connectivity index (χ1n) is 3.91. The number of hydrogen-bond donors (Lipinski definition) is 1. The van der Waals surface area contributed by atoms with Crippen LogP contribution in [-0.4, -0.2) is 9.55 Å². The molecule has 1 N–H and O–H groups in total. The molecule has 0 saturated heterocycles. The lowest BCUT2D eigenvalue weighted by atomic mass is 10.4. The molecule has 62 valence electrons. The average Bonchev–Trinajstić information content (AvgIpc) is 2.30. The minimum absolute atomic E-state index is 0.780. The lowest BCUT2D eigenvalue weighted by Gasteiger charge is -1.87. The van der Waals surface area contributed by atoms with E-state index < -0.39 is 0 Å². The van der Waals surface area contributed by atoms with E-state index in [1.165, 1.54) is 5.35 Å². The molecule has 3 heteroatoms. The van der Waals surface area contributed by atoms with Crippen LogP contribution in [0.25, 0.3) is 12.2 Å². The lowest BCUT2D eigenvalue weighted by Crippen LogP contribution is -2.27. The predicted molar refractivity (Wildman–Crippen MR) is 52.5 cm³/mol. The average molecular weight is 178 g/mol. The normalized spacial score (nSPS) is 14.4. The molecule has 12 heavy (non-hydrogen) atoms. The SMILES string of the molecule is Cn1c(=S)[nH]c2c1=CCC=CC=2. The maximum Gasteiger partial charge on any atom is 0.177 e. The number of aromatic amines is 1. The summed E-state index contributed by atoms with van der Waals surface area (Å²) in [7, 11) is 1.98. The van der Waals surface area contributed by atoms with Gasteiger partial charge in [0.25, 0.3) is 0 Å². The standard InChI is InChI=1S/C9H10N2S/c1-11-8-6-4-2-3-5-7(8)10-9(11)12/h2-3,5-6H,4H2,1H3,(H,10,12). The lowest BCUT2D eigenvalue weighted by molar-refractivity contribution is 0.862. The molecule has 0 aliphatic heterocycles. The Bertz CT molecular complexity index is 488. The number of fused-ring (bicyclic) bond motifs is 1. The minimum Gasteiger partial charge on any atom is -0.331 e. The van der Waals surface area contributed by atoms with Crippen molar-refractivity contribution >= 4 is 24.4 Å². The Morgan fingerprint density at radius 2 is 2.42 bits per heavy atom. The molecule has 0 radical (unpaired) electrons. The molecule has 0 saturated carbocycles. The second kappa shape index (κ2) is 2.75. The van der Waals surface area contributed by atoms with Crippen molar-refractivity contribution in [3.8, 4) is 0 Å². The van der Waals surface area contributed by atoms with Crippen LogP contribution in [0.5, 0.6) is 0 Å². The maximum atomic E-state index is 5.11. The number of aromatic nitrogens is 2. The van der Waals surface area contributed by atoms with Crippen LogP contribution in [0, 0.1) is 4.77 Å². The first-order valence-corrected chi connectivity index (χ1v) is 4.32. The van der Waals surface area contributed by atoms with Crippen LogP contribution in [0.15, 0.2) is 12.2 Å². The van der Waals surface area contributed by atoms with Crippen molar-refractivity contribution in [3.05, 3.63) is 27.6 Å². The van der Waals surface area contributed by atoms with E-state index in [1.54, 1.807) is 0 Å². The quantitative estimate of drug-likeness (QED) is 0.577. The van der Waals surface area contributed by atoms with Crippen LogP contribution >= 0.6 is 12.2 Å². The summed E-state index contributed by atoms with van der Waals surface area (Å²) in [6.45, 7) is 0. The van der Waals surface area contributed by atoms with E-state index >= 15 is 0 Å². The summed E-state index contributed by atoms with van der Waals surface area (Å²) in [5.41, 5.74) is 0. The number of nitrogens with one attached hydrogen (secondary N) is 1. The molecule has 0 bridgehead atoms. The van der Waals surface area contributed by atoms with E-state index in [4.69, 9.17) is 12.2 Å². The molecule has 0 fully saturated rings. The van der Waals surface area contributed by atoms with Crippen LogP contribution in [0.2, 0.25) is 0 Å². The Kier molecular flexibility index (Phi) is 1.73. The summed E-state index contributed by atoms with van der Waals surface area (Å²) in [5.74, 6) is 0. The zero-order chi connectivity index (χ0) is 8.55. The summed E-state index contributed by atoms with van der Waals surface area (Å²) in [6.07, 6.45) is 9.37. The molecule has 0 unspecified atom stereocenters. The van der Waals surface area contributed by atoms with Crippen molar-refractivity contribution in [2.75, 3.05) is 0 Å². The monoisotopic (exact) mass is 178 g/mol. The van der Waals surface area contributed by atoms with Gasteiger partial charge in [-0.1, -0.05) is 18.2 Å². The molecule has 2 nitrogen and oxygen atoms in total. The molecule has 0 amide bonds. The molecule has 0 aromatic carbocycles. The van der Waals surface area contributed by atoms with Gasteiger partial charge in [0.1, 0.15) is 0 Å². The summed E-state index contributed by atoms with van der Waals surface area (Å²) >= 11 is 5.11. The van der Waals surface area contributed by atoms with Crippen LogP contribution in [-0.2, 0) is 7.05 Å². The summed E-state index contributed by atoms with van der Waals surface area (Å²) in [6, 6.07) is 0. The van der Waals surface area contributed by atoms with Gasteiger partial charge in [-0.2, -0.15) is 0 Å². The molecule has 2 rings (SSSR count). The molecule has 1 aromatic rings. The summed E-state index contributed by atoms with van der Waals surface area (Å²) in [5, 5.41) is 2.29. The minimum atomic E-state index is 0.780. The van der Waals surface area contributed by atoms with Gasteiger partial charge in [0.15, 0.2) is 4.77 Å². The van der Waals surface area contributed by atoms with Crippen molar-refractivity contribution in [3.63, 3.8) is 0 Å². The molecular weight excluding hydrogens is 168 g/mol. The highest BCUT2D eigenvalue weighted by atomic mass is 32.1. The zero-order valence-corrected chi connectivity index (χ0v) is 7.69. The maximum absolute atomic E-state index is 5.11. The number of imidazole rings is 1. The second-order valence-corrected chi connectivity index (χ2v) is 3.21. The van der Waals surface area contributed by atoms with E-state index in [0.717, 1.165) is 16.5 Å². The Morgan fingerprint density at radius 1 is 1.58 bits per heavy atom. The van der Waals surface area contributed by atoms with Crippen molar-refractivity contribution in [2.24, 2.45) is 7.05 Å². The van der Waals surface area contributed by atoms with Crippen molar-refractivity contribution < 1.29 is 0 Å². The van der Waals surface area contributed by atoms with Gasteiger partial charge in [-0.25, -0.2) is 0 Å². The van der Waals surface area contributed by atoms with Gasteiger partial charge in [-0.3, -0.25) is 0 Å². The van der Waals surface area contributed by atoms with E-state index in [2.05, 4.69) is 23.2 Å². The van der Waals surface area contributed by atoms with E-state index in [-0.39, 0.29) is 0 Å². The molecule has 1 aromatic heterocycles. The second-order valence-electron chi connectivity index (χ2n) is 2.82. The van der Waals surface area contributed by atoms with Crippen molar-refractivity contribution in [1.29, 1.82) is 0 Å². The summed E-state index contributed by atoms with van der Waals surface area (Å²) in [4.78, 5) is 3.14. The first-order chi connectivity index (χ1) is 5.79. The fraction of sp³-hybridized carbons (Fsp3) is 0.222. The summed E-state index contributed by atoms with van der Waals surface area (Å²) < 4.78 is 2.77. The number of rotatable bonds is 0. The smallest absolute Gasteiger partial charge is 0.177 e. The molecule has 0 spiro atoms. The third-order valence-corrected chi connectivity index (χ3v) is 2.41. The van der Waals surface area contributed by atoms with Gasteiger partial charge in [-0.05, 0) is 24.7 Å². The predicted octanol–water partition coefficient (Wildman–Crippen LogP) is 0.604. The van der Waals surface area contributed by atoms with Crippen molar-refractivity contribution in [2.45, 2.75) is 6.42 Å². The Morgan fingerprint density at radius 3 is 3.25 bits per heavy atom. The van der Waals surface area contributed by atoms with E-state index in [1.807, 2.05) is 17.7 Å². The van der Waals surface area contributed by atoms with Crippen LogP contribution < -0.4 is 10.7 Å². The number of H-pyrrole nitrogens is 1. The highest BCUT2D eigenvalue weighted by Gasteiger charge is 1.94. The number of hydrogen-bond acceptors (Lipinski definition) is 1. The van der Waals surface area contributed by atoms with E-state index in [9.17, 15) is 0 Å². The van der Waals surface area contributed by atoms with Gasteiger partial charge in [0.05, 0.1) is 10.7 Å². The topological polar surface area (TPSA) is 20.7 Å². The Labute approximate surface area is 75.5 Å². The molecule has 1 aliphatic carbocycles. The Balaban J connectivity index is 2.95. The highest BCUT2D eigenvalue weighted by Crippen LogP contribution is 1.88. The number of allylic oxidation sites excluding steroid dienone is 2. The molecule has 1 heterocycles. The highest BCUT2D eigenvalue weighted by molar-refractivity contribution is 7.71. The molecular formula is C9H10N2S. The van der Waals surface area contributed by atoms with Crippen LogP contribution in [0.4, 0.5) is 0 Å².